The van der Waals surface area contributed by atoms with E-state index in [-0.39, 0.29) is 6.54 Å². The third-order valence-electron chi connectivity index (χ3n) is 4.26. The van der Waals surface area contributed by atoms with Gasteiger partial charge in [0, 0.05) is 13.1 Å². The van der Waals surface area contributed by atoms with Crippen molar-refractivity contribution < 1.29 is 18.0 Å². The Morgan fingerprint density at radius 2 is 2.12 bits per heavy atom. The van der Waals surface area contributed by atoms with Crippen LogP contribution in [0.4, 0.5) is 13.2 Å². The van der Waals surface area contributed by atoms with Gasteiger partial charge >= 0.3 is 6.18 Å². The summed E-state index contributed by atoms with van der Waals surface area (Å²) in [6.45, 7) is 3.42. The first kappa shape index (κ1) is 18.2. The van der Waals surface area contributed by atoms with Crippen molar-refractivity contribution in [1.82, 2.24) is 20.4 Å². The van der Waals surface area contributed by atoms with E-state index in [0.29, 0.717) is 17.8 Å². The Morgan fingerprint density at radius 3 is 2.77 bits per heavy atom. The molecule has 1 amide bonds. The fraction of sp³-hybridized carbons (Fsp3) is 0.333. The van der Waals surface area contributed by atoms with E-state index in [2.05, 4.69) is 15.7 Å². The summed E-state index contributed by atoms with van der Waals surface area (Å²) in [6, 6.07) is 6.60. The summed E-state index contributed by atoms with van der Waals surface area (Å²) in [5.74, 6) is -0.781. The number of benzene rings is 1. The molecule has 8 heteroatoms. The van der Waals surface area contributed by atoms with Gasteiger partial charge < -0.3 is 10.6 Å². The zero-order valence-corrected chi connectivity index (χ0v) is 14.2. The molecule has 0 aliphatic carbocycles. The van der Waals surface area contributed by atoms with E-state index in [9.17, 15) is 18.0 Å². The molecular formula is C18H19F3N4O. The smallest absolute Gasteiger partial charge is 0.348 e. The van der Waals surface area contributed by atoms with Crippen LogP contribution >= 0.6 is 0 Å². The number of carbonyl (C=O) groups is 1. The molecule has 0 saturated heterocycles. The molecule has 1 aliphatic rings. The average molecular weight is 364 g/mol. The van der Waals surface area contributed by atoms with Crippen LogP contribution in [0, 0.1) is 6.92 Å². The maximum atomic E-state index is 13.7. The minimum absolute atomic E-state index is 0.230. The molecule has 0 atom stereocenters. The second-order valence-electron chi connectivity index (χ2n) is 6.10. The van der Waals surface area contributed by atoms with E-state index in [1.54, 1.807) is 31.2 Å². The first-order valence-corrected chi connectivity index (χ1v) is 8.26. The van der Waals surface area contributed by atoms with Gasteiger partial charge in [0.25, 0.3) is 5.91 Å². The standard InChI is InChI=1S/C18H19F3N4O/c1-12-4-2-3-5-15(12)25-16(18(19,20)21)14(11-24-25)17(26)23-10-13-6-8-22-9-7-13/h2-6,11,22H,7-10H2,1H3,(H,23,26). The maximum absolute atomic E-state index is 13.7. The number of aryl methyl sites for hydroxylation is 1. The molecule has 2 heterocycles. The number of nitrogens with zero attached hydrogens (tertiary/aromatic N) is 2. The van der Waals surface area contributed by atoms with E-state index in [1.807, 2.05) is 6.08 Å². The molecule has 2 N–H and O–H groups in total. The van der Waals surface area contributed by atoms with Crippen molar-refractivity contribution in [2.45, 2.75) is 19.5 Å². The summed E-state index contributed by atoms with van der Waals surface area (Å²) in [5.41, 5.74) is 0.378. The molecule has 138 valence electrons. The number of aromatic nitrogens is 2. The Hall–Kier alpha value is -2.61. The average Bonchev–Trinajstić information content (AvgIpc) is 3.06. The van der Waals surface area contributed by atoms with Gasteiger partial charge in [0.1, 0.15) is 0 Å². The van der Waals surface area contributed by atoms with Gasteiger partial charge in [0.05, 0.1) is 17.4 Å². The van der Waals surface area contributed by atoms with Gasteiger partial charge in [0.15, 0.2) is 5.69 Å². The van der Waals surface area contributed by atoms with Gasteiger partial charge in [-0.3, -0.25) is 4.79 Å². The van der Waals surface area contributed by atoms with Crippen molar-refractivity contribution in [2.24, 2.45) is 0 Å². The lowest BCUT2D eigenvalue weighted by Gasteiger charge is -2.16. The van der Waals surface area contributed by atoms with Gasteiger partial charge in [0.2, 0.25) is 0 Å². The minimum Gasteiger partial charge on any atom is -0.348 e. The molecule has 2 aromatic rings. The third-order valence-corrected chi connectivity index (χ3v) is 4.26. The first-order chi connectivity index (χ1) is 12.4. The number of alkyl halides is 3. The van der Waals surface area contributed by atoms with Crippen molar-refractivity contribution in [3.8, 4) is 5.69 Å². The SMILES string of the molecule is Cc1ccccc1-n1ncc(C(=O)NCC2=CCNCC2)c1C(F)(F)F. The number of carbonyl (C=O) groups excluding carboxylic acids is 1. The summed E-state index contributed by atoms with van der Waals surface area (Å²) >= 11 is 0. The highest BCUT2D eigenvalue weighted by molar-refractivity contribution is 5.95. The molecule has 1 aromatic heterocycles. The van der Waals surface area contributed by atoms with Crippen LogP contribution in [0.5, 0.6) is 0 Å². The van der Waals surface area contributed by atoms with Crippen molar-refractivity contribution in [2.75, 3.05) is 19.6 Å². The van der Waals surface area contributed by atoms with Crippen molar-refractivity contribution >= 4 is 5.91 Å². The van der Waals surface area contributed by atoms with Crippen molar-refractivity contribution in [3.63, 3.8) is 0 Å². The van der Waals surface area contributed by atoms with Gasteiger partial charge in [-0.15, -0.1) is 0 Å². The van der Waals surface area contributed by atoms with Crippen LogP contribution in [0.2, 0.25) is 0 Å². The van der Waals surface area contributed by atoms with Crippen LogP contribution < -0.4 is 10.6 Å². The van der Waals surface area contributed by atoms with Crippen LogP contribution in [0.15, 0.2) is 42.1 Å². The molecule has 26 heavy (non-hydrogen) atoms. The monoisotopic (exact) mass is 364 g/mol. The topological polar surface area (TPSA) is 59.0 Å². The Balaban J connectivity index is 1.91. The molecule has 3 rings (SSSR count). The van der Waals surface area contributed by atoms with Crippen LogP contribution in [-0.4, -0.2) is 35.3 Å². The number of amides is 1. The number of rotatable bonds is 4. The molecule has 0 fully saturated rings. The molecular weight excluding hydrogens is 345 g/mol. The van der Waals surface area contributed by atoms with E-state index in [0.717, 1.165) is 29.4 Å². The molecule has 0 unspecified atom stereocenters. The normalized spacial score (nSPS) is 14.8. The molecule has 5 nitrogen and oxygen atoms in total. The molecule has 0 bridgehead atoms. The molecule has 1 aromatic carbocycles. The Morgan fingerprint density at radius 1 is 1.35 bits per heavy atom. The predicted octanol–water partition coefficient (Wildman–Crippen LogP) is 2.85. The fourth-order valence-electron chi connectivity index (χ4n) is 2.89. The molecule has 1 aliphatic heterocycles. The lowest BCUT2D eigenvalue weighted by Crippen LogP contribution is -2.31. The van der Waals surface area contributed by atoms with Gasteiger partial charge in [-0.2, -0.15) is 18.3 Å². The first-order valence-electron chi connectivity index (χ1n) is 8.26. The summed E-state index contributed by atoms with van der Waals surface area (Å²) in [6.07, 6.45) is -1.04. The Kier molecular flexibility index (Phi) is 5.13. The summed E-state index contributed by atoms with van der Waals surface area (Å²) < 4.78 is 41.7. The quantitative estimate of drug-likeness (QED) is 0.821. The highest BCUT2D eigenvalue weighted by atomic mass is 19.4. The summed E-state index contributed by atoms with van der Waals surface area (Å²) in [7, 11) is 0. The Bertz CT molecular complexity index is 839. The van der Waals surface area contributed by atoms with E-state index < -0.39 is 23.3 Å². The number of hydrogen-bond donors (Lipinski definition) is 2. The lowest BCUT2D eigenvalue weighted by molar-refractivity contribution is -0.143. The van der Waals surface area contributed by atoms with Gasteiger partial charge in [-0.1, -0.05) is 29.8 Å². The summed E-state index contributed by atoms with van der Waals surface area (Å²) in [5, 5.41) is 9.55. The lowest BCUT2D eigenvalue weighted by atomic mass is 10.1. The van der Waals surface area contributed by atoms with Crippen LogP contribution in [0.25, 0.3) is 5.69 Å². The molecule has 0 radical (unpaired) electrons. The zero-order chi connectivity index (χ0) is 18.7. The maximum Gasteiger partial charge on any atom is 0.434 e. The van der Waals surface area contributed by atoms with E-state index >= 15 is 0 Å². The summed E-state index contributed by atoms with van der Waals surface area (Å²) in [4.78, 5) is 12.4. The molecule has 0 spiro atoms. The van der Waals surface area contributed by atoms with Crippen molar-refractivity contribution in [3.05, 3.63) is 58.9 Å². The fourth-order valence-corrected chi connectivity index (χ4v) is 2.89. The van der Waals surface area contributed by atoms with Crippen molar-refractivity contribution in [1.29, 1.82) is 0 Å². The number of para-hydroxylation sites is 1. The number of hydrogen-bond acceptors (Lipinski definition) is 3. The van der Waals surface area contributed by atoms with Crippen LogP contribution in [0.1, 0.15) is 28.0 Å². The third kappa shape index (κ3) is 3.80. The molecule has 0 saturated carbocycles. The zero-order valence-electron chi connectivity index (χ0n) is 14.2. The highest BCUT2D eigenvalue weighted by Crippen LogP contribution is 2.34. The van der Waals surface area contributed by atoms with E-state index in [4.69, 9.17) is 0 Å². The largest absolute Gasteiger partial charge is 0.434 e. The second kappa shape index (κ2) is 7.33. The number of halogens is 3. The highest BCUT2D eigenvalue weighted by Gasteiger charge is 2.40. The Labute approximate surface area is 148 Å². The van der Waals surface area contributed by atoms with Crippen LogP contribution in [-0.2, 0) is 6.18 Å². The second-order valence-corrected chi connectivity index (χ2v) is 6.10. The van der Waals surface area contributed by atoms with Crippen LogP contribution in [0.3, 0.4) is 0 Å². The minimum atomic E-state index is -4.71. The number of nitrogens with one attached hydrogen (secondary N) is 2. The van der Waals surface area contributed by atoms with Gasteiger partial charge in [-0.25, -0.2) is 4.68 Å². The van der Waals surface area contributed by atoms with Gasteiger partial charge in [-0.05, 0) is 31.5 Å². The van der Waals surface area contributed by atoms with E-state index in [1.165, 1.54) is 0 Å². The predicted molar refractivity (Wildman–Crippen MR) is 91.2 cm³/mol.